The smallest absolute Gasteiger partial charge is 0.0512 e. The van der Waals surface area contributed by atoms with Gasteiger partial charge in [-0.3, -0.25) is 4.90 Å². The molecule has 0 aromatic carbocycles. The third-order valence-corrected chi connectivity index (χ3v) is 3.78. The van der Waals surface area contributed by atoms with E-state index >= 15 is 0 Å². The predicted molar refractivity (Wildman–Crippen MR) is 68.7 cm³/mol. The second-order valence-electron chi connectivity index (χ2n) is 5.47. The highest BCUT2D eigenvalue weighted by Crippen LogP contribution is 2.14. The van der Waals surface area contributed by atoms with E-state index in [1.54, 1.807) is 0 Å². The maximum atomic E-state index is 9.19. The molecule has 3 unspecified atom stereocenters. The summed E-state index contributed by atoms with van der Waals surface area (Å²) >= 11 is 0. The highest BCUT2D eigenvalue weighted by Gasteiger charge is 2.25. The monoisotopic (exact) mass is 228 g/mol. The minimum atomic E-state index is -0.134. The molecular weight excluding hydrogens is 200 g/mol. The number of rotatable bonds is 5. The first-order valence-electron chi connectivity index (χ1n) is 6.63. The van der Waals surface area contributed by atoms with Crippen LogP contribution in [-0.4, -0.2) is 59.8 Å². The Morgan fingerprint density at radius 3 is 2.25 bits per heavy atom. The first-order chi connectivity index (χ1) is 7.50. The Kier molecular flexibility index (Phi) is 5.73. The first kappa shape index (κ1) is 13.9. The van der Waals surface area contributed by atoms with Crippen LogP contribution >= 0.6 is 0 Å². The van der Waals surface area contributed by atoms with Crippen LogP contribution in [0.4, 0.5) is 0 Å². The van der Waals surface area contributed by atoms with Crippen molar-refractivity contribution in [2.45, 2.75) is 58.2 Å². The van der Waals surface area contributed by atoms with Crippen molar-refractivity contribution < 1.29 is 5.11 Å². The van der Waals surface area contributed by atoms with Crippen LogP contribution in [0.25, 0.3) is 0 Å². The van der Waals surface area contributed by atoms with Crippen molar-refractivity contribution in [3.8, 4) is 0 Å². The van der Waals surface area contributed by atoms with Crippen LogP contribution in [0.2, 0.25) is 0 Å². The zero-order valence-corrected chi connectivity index (χ0v) is 11.3. The highest BCUT2D eigenvalue weighted by molar-refractivity contribution is 4.82. The molecule has 3 nitrogen and oxygen atoms in total. The molecule has 3 heteroatoms. The molecule has 1 aliphatic heterocycles. The lowest BCUT2D eigenvalue weighted by Crippen LogP contribution is -2.54. The fourth-order valence-corrected chi connectivity index (χ4v) is 2.47. The molecule has 0 amide bonds. The topological polar surface area (TPSA) is 26.7 Å². The molecule has 1 N–H and O–H groups in total. The fraction of sp³-hybridized carbons (Fsp3) is 1.00. The van der Waals surface area contributed by atoms with Crippen molar-refractivity contribution >= 4 is 0 Å². The van der Waals surface area contributed by atoms with Gasteiger partial charge in [-0.25, -0.2) is 0 Å². The first-order valence-corrected chi connectivity index (χ1v) is 6.63. The number of aliphatic hydroxyl groups excluding tert-OH is 1. The Morgan fingerprint density at radius 1 is 1.19 bits per heavy atom. The van der Waals surface area contributed by atoms with Gasteiger partial charge in [0.2, 0.25) is 0 Å². The summed E-state index contributed by atoms with van der Waals surface area (Å²) < 4.78 is 0. The molecule has 0 spiro atoms. The van der Waals surface area contributed by atoms with Gasteiger partial charge >= 0.3 is 0 Å². The Hall–Kier alpha value is -0.120. The van der Waals surface area contributed by atoms with E-state index in [-0.39, 0.29) is 6.10 Å². The average Bonchev–Trinajstić information content (AvgIpc) is 2.20. The van der Waals surface area contributed by atoms with Crippen molar-refractivity contribution in [2.75, 3.05) is 26.7 Å². The molecule has 1 fully saturated rings. The predicted octanol–water partition coefficient (Wildman–Crippen LogP) is 1.56. The van der Waals surface area contributed by atoms with Crippen LogP contribution in [0.3, 0.4) is 0 Å². The van der Waals surface area contributed by atoms with Crippen molar-refractivity contribution in [1.29, 1.82) is 0 Å². The summed E-state index contributed by atoms with van der Waals surface area (Å²) in [6.07, 6.45) is 3.17. The largest absolute Gasteiger partial charge is 0.393 e. The van der Waals surface area contributed by atoms with Crippen LogP contribution in [0.1, 0.15) is 40.0 Å². The fourth-order valence-electron chi connectivity index (χ4n) is 2.47. The van der Waals surface area contributed by atoms with Gasteiger partial charge in [0.1, 0.15) is 0 Å². The van der Waals surface area contributed by atoms with Gasteiger partial charge in [-0.2, -0.15) is 0 Å². The van der Waals surface area contributed by atoms with E-state index in [2.05, 4.69) is 30.7 Å². The van der Waals surface area contributed by atoms with Crippen LogP contribution in [-0.2, 0) is 0 Å². The van der Waals surface area contributed by atoms with Crippen molar-refractivity contribution in [3.63, 3.8) is 0 Å². The summed E-state index contributed by atoms with van der Waals surface area (Å²) in [6.45, 7) is 10.1. The van der Waals surface area contributed by atoms with Gasteiger partial charge in [0.25, 0.3) is 0 Å². The lowest BCUT2D eigenvalue weighted by molar-refractivity contribution is 0.0584. The molecule has 1 heterocycles. The molecule has 1 rings (SSSR count). The molecule has 0 saturated carbocycles. The lowest BCUT2D eigenvalue weighted by atomic mass is 10.1. The van der Waals surface area contributed by atoms with Gasteiger partial charge < -0.3 is 10.0 Å². The summed E-state index contributed by atoms with van der Waals surface area (Å²) in [5.41, 5.74) is 0. The summed E-state index contributed by atoms with van der Waals surface area (Å²) in [5, 5.41) is 9.19. The Balaban J connectivity index is 2.18. The third kappa shape index (κ3) is 4.40. The Labute approximate surface area is 100 Å². The number of likely N-dealkylation sites (N-methyl/N-ethyl adjacent to an activating group) is 1. The molecular formula is C13H28N2O. The van der Waals surface area contributed by atoms with E-state index in [0.717, 1.165) is 12.8 Å². The summed E-state index contributed by atoms with van der Waals surface area (Å²) in [7, 11) is 2.22. The standard InChI is InChI=1S/C13H28N2O/c1-11-9-15(10-12(2)14(11)4)8-6-5-7-13(3)16/h11-13,16H,5-10H2,1-4H3. The maximum Gasteiger partial charge on any atom is 0.0512 e. The summed E-state index contributed by atoms with van der Waals surface area (Å²) in [5.74, 6) is 0. The molecule has 1 saturated heterocycles. The van der Waals surface area contributed by atoms with E-state index in [1.807, 2.05) is 6.92 Å². The van der Waals surface area contributed by atoms with E-state index < -0.39 is 0 Å². The van der Waals surface area contributed by atoms with Crippen molar-refractivity contribution in [2.24, 2.45) is 0 Å². The highest BCUT2D eigenvalue weighted by atomic mass is 16.3. The summed E-state index contributed by atoms with van der Waals surface area (Å²) in [4.78, 5) is 5.03. The number of hydrogen-bond acceptors (Lipinski definition) is 3. The van der Waals surface area contributed by atoms with Crippen LogP contribution in [0, 0.1) is 0 Å². The van der Waals surface area contributed by atoms with Gasteiger partial charge in [0, 0.05) is 25.2 Å². The molecule has 0 aromatic heterocycles. The Morgan fingerprint density at radius 2 is 1.75 bits per heavy atom. The van der Waals surface area contributed by atoms with E-state index in [0.29, 0.717) is 12.1 Å². The SMILES string of the molecule is CC(O)CCCCN1CC(C)N(C)C(C)C1. The molecule has 0 radical (unpaired) electrons. The quantitative estimate of drug-likeness (QED) is 0.724. The van der Waals surface area contributed by atoms with E-state index in [4.69, 9.17) is 0 Å². The van der Waals surface area contributed by atoms with Gasteiger partial charge in [-0.05, 0) is 53.6 Å². The number of piperazine rings is 1. The molecule has 0 aromatic rings. The van der Waals surface area contributed by atoms with Gasteiger partial charge in [-0.1, -0.05) is 0 Å². The summed E-state index contributed by atoms with van der Waals surface area (Å²) in [6, 6.07) is 1.33. The van der Waals surface area contributed by atoms with Gasteiger partial charge in [0.05, 0.1) is 6.10 Å². The lowest BCUT2D eigenvalue weighted by Gasteiger charge is -2.42. The van der Waals surface area contributed by atoms with Gasteiger partial charge in [-0.15, -0.1) is 0 Å². The minimum absolute atomic E-state index is 0.134. The van der Waals surface area contributed by atoms with E-state index in [1.165, 1.54) is 26.1 Å². The second-order valence-corrected chi connectivity index (χ2v) is 5.47. The molecule has 0 aliphatic carbocycles. The van der Waals surface area contributed by atoms with Crippen LogP contribution < -0.4 is 0 Å². The normalized spacial score (nSPS) is 30.6. The minimum Gasteiger partial charge on any atom is -0.393 e. The number of aliphatic hydroxyl groups is 1. The number of hydrogen-bond donors (Lipinski definition) is 1. The second kappa shape index (κ2) is 6.58. The molecule has 3 atom stereocenters. The molecule has 96 valence electrons. The zero-order chi connectivity index (χ0) is 12.1. The molecule has 16 heavy (non-hydrogen) atoms. The maximum absolute atomic E-state index is 9.19. The van der Waals surface area contributed by atoms with E-state index in [9.17, 15) is 5.11 Å². The number of nitrogens with zero attached hydrogens (tertiary/aromatic N) is 2. The zero-order valence-electron chi connectivity index (χ0n) is 11.3. The average molecular weight is 228 g/mol. The third-order valence-electron chi connectivity index (χ3n) is 3.78. The number of unbranched alkanes of at least 4 members (excludes halogenated alkanes) is 1. The molecule has 0 bridgehead atoms. The van der Waals surface area contributed by atoms with Crippen LogP contribution in [0.5, 0.6) is 0 Å². The van der Waals surface area contributed by atoms with Crippen LogP contribution in [0.15, 0.2) is 0 Å². The van der Waals surface area contributed by atoms with Gasteiger partial charge in [0.15, 0.2) is 0 Å². The van der Waals surface area contributed by atoms with Crippen molar-refractivity contribution in [1.82, 2.24) is 9.80 Å². The Bertz CT molecular complexity index is 184. The molecule has 1 aliphatic rings. The van der Waals surface area contributed by atoms with Crippen molar-refractivity contribution in [3.05, 3.63) is 0 Å².